The van der Waals surface area contributed by atoms with Crippen LogP contribution in [0.5, 0.6) is 0 Å². The van der Waals surface area contributed by atoms with Gasteiger partial charge in [-0.2, -0.15) is 13.2 Å². The van der Waals surface area contributed by atoms with Crippen LogP contribution in [0.3, 0.4) is 0 Å². The molecule has 2 amide bonds. The molecule has 4 aromatic rings. The lowest BCUT2D eigenvalue weighted by Gasteiger charge is -2.23. The summed E-state index contributed by atoms with van der Waals surface area (Å²) in [5.41, 5.74) is 4.76. The molecular weight excluding hydrogens is 525 g/mol. The summed E-state index contributed by atoms with van der Waals surface area (Å²) in [6.45, 7) is 1.48. The van der Waals surface area contributed by atoms with Crippen LogP contribution >= 0.6 is 0 Å². The minimum Gasteiger partial charge on any atom is -0.316 e. The van der Waals surface area contributed by atoms with Crippen LogP contribution in [-0.2, 0) is 25.8 Å². The van der Waals surface area contributed by atoms with E-state index in [2.05, 4.69) is 39.9 Å². The Morgan fingerprint density at radius 2 is 1.41 bits per heavy atom. The molecule has 2 N–H and O–H groups in total. The molecule has 5 nitrogen and oxygen atoms in total. The van der Waals surface area contributed by atoms with Crippen molar-refractivity contribution >= 4 is 11.7 Å². The van der Waals surface area contributed by atoms with E-state index in [-0.39, 0.29) is 5.69 Å². The van der Waals surface area contributed by atoms with Gasteiger partial charge in [-0.05, 0) is 71.0 Å². The van der Waals surface area contributed by atoms with E-state index in [1.807, 2.05) is 30.3 Å². The van der Waals surface area contributed by atoms with Gasteiger partial charge < -0.3 is 15.5 Å². The molecule has 1 aliphatic carbocycles. The summed E-state index contributed by atoms with van der Waals surface area (Å²) in [6, 6.07) is 25.0. The van der Waals surface area contributed by atoms with Crippen molar-refractivity contribution < 1.29 is 18.0 Å². The molecule has 1 fully saturated rings. The molecule has 0 unspecified atom stereocenters. The van der Waals surface area contributed by atoms with Crippen molar-refractivity contribution in [2.45, 2.75) is 57.5 Å². The number of rotatable bonds is 9. The highest BCUT2D eigenvalue weighted by atomic mass is 19.4. The molecule has 0 spiro atoms. The molecule has 0 radical (unpaired) electrons. The second kappa shape index (κ2) is 13.0. The lowest BCUT2D eigenvalue weighted by molar-refractivity contribution is -0.137. The highest BCUT2D eigenvalue weighted by molar-refractivity contribution is 5.89. The van der Waals surface area contributed by atoms with E-state index in [1.54, 1.807) is 23.4 Å². The van der Waals surface area contributed by atoms with Crippen molar-refractivity contribution in [2.24, 2.45) is 0 Å². The smallest absolute Gasteiger partial charge is 0.316 e. The second-order valence-corrected chi connectivity index (χ2v) is 10.5. The van der Waals surface area contributed by atoms with Crippen LogP contribution in [0, 0.1) is 0 Å². The van der Waals surface area contributed by atoms with Gasteiger partial charge in [-0.3, -0.25) is 4.98 Å². The zero-order chi connectivity index (χ0) is 28.7. The van der Waals surface area contributed by atoms with Crippen molar-refractivity contribution in [1.82, 2.24) is 15.2 Å². The second-order valence-electron chi connectivity index (χ2n) is 10.5. The van der Waals surface area contributed by atoms with Crippen molar-refractivity contribution in [3.8, 4) is 11.1 Å². The zero-order valence-corrected chi connectivity index (χ0v) is 22.7. The summed E-state index contributed by atoms with van der Waals surface area (Å²) in [5.74, 6) is 0. The van der Waals surface area contributed by atoms with Gasteiger partial charge in [0.25, 0.3) is 0 Å². The Bertz CT molecular complexity index is 1400. The minimum atomic E-state index is -4.44. The molecule has 1 aromatic heterocycles. The van der Waals surface area contributed by atoms with Crippen molar-refractivity contribution in [2.75, 3.05) is 5.32 Å². The van der Waals surface area contributed by atoms with Crippen LogP contribution in [0.2, 0.25) is 0 Å². The molecular formula is C33H33F3N4O. The Labute approximate surface area is 238 Å². The standard InChI is InChI=1S/C33H33F3N4O/c34-33(35,36)29-15-17-31(18-16-29)39-32(41)40(23-26-4-3-19-37-20-26)22-25-9-13-28(14-10-25)27-11-7-24(8-12-27)21-38-30-5-1-2-6-30/h3-4,7-20,30,38H,1-2,5-6,21-23H2,(H,39,41). The SMILES string of the molecule is O=C(Nc1ccc(C(F)(F)F)cc1)N(Cc1ccc(-c2ccc(CNC3CCCC3)cc2)cc1)Cc1cccnc1. The molecule has 212 valence electrons. The highest BCUT2D eigenvalue weighted by Crippen LogP contribution is 2.30. The van der Waals surface area contributed by atoms with E-state index in [0.717, 1.165) is 40.9 Å². The quantitative estimate of drug-likeness (QED) is 0.219. The summed E-state index contributed by atoms with van der Waals surface area (Å²) < 4.78 is 38.8. The maximum absolute atomic E-state index is 13.2. The first-order valence-corrected chi connectivity index (χ1v) is 13.9. The fourth-order valence-corrected chi connectivity index (χ4v) is 5.09. The molecule has 5 rings (SSSR count). The number of benzene rings is 3. The maximum Gasteiger partial charge on any atom is 0.416 e. The van der Waals surface area contributed by atoms with Gasteiger partial charge >= 0.3 is 12.2 Å². The predicted molar refractivity (Wildman–Crippen MR) is 155 cm³/mol. The minimum absolute atomic E-state index is 0.288. The molecule has 3 aromatic carbocycles. The first kappa shape index (κ1) is 28.4. The molecule has 1 aliphatic rings. The molecule has 1 heterocycles. The molecule has 41 heavy (non-hydrogen) atoms. The van der Waals surface area contributed by atoms with E-state index in [0.29, 0.717) is 19.1 Å². The number of urea groups is 1. The average Bonchev–Trinajstić information content (AvgIpc) is 3.51. The molecule has 0 aliphatic heterocycles. The summed E-state index contributed by atoms with van der Waals surface area (Å²) in [4.78, 5) is 19.0. The van der Waals surface area contributed by atoms with Crippen molar-refractivity contribution in [1.29, 1.82) is 0 Å². The summed E-state index contributed by atoms with van der Waals surface area (Å²) in [5, 5.41) is 6.37. The fraction of sp³-hybridized carbons (Fsp3) is 0.273. The van der Waals surface area contributed by atoms with Gasteiger partial charge in [0.15, 0.2) is 0 Å². The number of carbonyl (C=O) groups is 1. The number of pyridine rings is 1. The van der Waals surface area contributed by atoms with E-state index in [9.17, 15) is 18.0 Å². The van der Waals surface area contributed by atoms with Crippen LogP contribution in [-0.4, -0.2) is 22.0 Å². The molecule has 0 bridgehead atoms. The number of nitrogens with one attached hydrogen (secondary N) is 2. The highest BCUT2D eigenvalue weighted by Gasteiger charge is 2.30. The number of alkyl halides is 3. The van der Waals surface area contributed by atoms with E-state index < -0.39 is 17.8 Å². The number of anilines is 1. The average molecular weight is 559 g/mol. The van der Waals surface area contributed by atoms with Gasteiger partial charge in [0.05, 0.1) is 5.56 Å². The van der Waals surface area contributed by atoms with Gasteiger partial charge in [-0.15, -0.1) is 0 Å². The Kier molecular flexibility index (Phi) is 8.99. The number of aromatic nitrogens is 1. The number of amides is 2. The summed E-state index contributed by atoms with van der Waals surface area (Å²) >= 11 is 0. The van der Waals surface area contributed by atoms with Crippen molar-refractivity contribution in [3.63, 3.8) is 0 Å². The molecule has 8 heteroatoms. The predicted octanol–water partition coefficient (Wildman–Crippen LogP) is 8.03. The Morgan fingerprint density at radius 3 is 2.00 bits per heavy atom. The van der Waals surface area contributed by atoms with Crippen LogP contribution in [0.15, 0.2) is 97.3 Å². The molecule has 1 saturated carbocycles. The number of carbonyl (C=O) groups excluding carboxylic acids is 1. The van der Waals surface area contributed by atoms with Crippen LogP contribution < -0.4 is 10.6 Å². The molecule has 0 atom stereocenters. The Hall–Kier alpha value is -4.17. The normalized spacial score (nSPS) is 13.7. The lowest BCUT2D eigenvalue weighted by Crippen LogP contribution is -2.34. The number of hydrogen-bond donors (Lipinski definition) is 2. The Morgan fingerprint density at radius 1 is 0.805 bits per heavy atom. The monoisotopic (exact) mass is 558 g/mol. The third-order valence-corrected chi connectivity index (χ3v) is 7.41. The maximum atomic E-state index is 13.2. The first-order valence-electron chi connectivity index (χ1n) is 13.9. The Balaban J connectivity index is 1.24. The topological polar surface area (TPSA) is 57.3 Å². The summed E-state index contributed by atoms with van der Waals surface area (Å²) in [6.07, 6.45) is 4.08. The van der Waals surface area contributed by atoms with Gasteiger partial charge in [0.1, 0.15) is 0 Å². The van der Waals surface area contributed by atoms with Gasteiger partial charge in [-0.1, -0.05) is 67.4 Å². The number of halogens is 3. The van der Waals surface area contributed by atoms with Gasteiger partial charge in [0.2, 0.25) is 0 Å². The van der Waals surface area contributed by atoms with Gasteiger partial charge in [-0.25, -0.2) is 4.79 Å². The van der Waals surface area contributed by atoms with E-state index in [4.69, 9.17) is 0 Å². The van der Waals surface area contributed by atoms with Crippen LogP contribution in [0.25, 0.3) is 11.1 Å². The summed E-state index contributed by atoms with van der Waals surface area (Å²) in [7, 11) is 0. The third-order valence-electron chi connectivity index (χ3n) is 7.41. The largest absolute Gasteiger partial charge is 0.416 e. The lowest BCUT2D eigenvalue weighted by atomic mass is 10.0. The third kappa shape index (κ3) is 7.95. The van der Waals surface area contributed by atoms with Crippen LogP contribution in [0.4, 0.5) is 23.7 Å². The fourth-order valence-electron chi connectivity index (χ4n) is 5.09. The number of nitrogens with zero attached hydrogens (tertiary/aromatic N) is 2. The van der Waals surface area contributed by atoms with Gasteiger partial charge in [0, 0.05) is 43.8 Å². The van der Waals surface area contributed by atoms with E-state index >= 15 is 0 Å². The van der Waals surface area contributed by atoms with Crippen molar-refractivity contribution in [3.05, 3.63) is 120 Å². The zero-order valence-electron chi connectivity index (χ0n) is 22.7. The molecule has 0 saturated heterocycles. The van der Waals surface area contributed by atoms with E-state index in [1.165, 1.54) is 43.4 Å². The van der Waals surface area contributed by atoms with Crippen LogP contribution in [0.1, 0.15) is 47.9 Å². The first-order chi connectivity index (χ1) is 19.8. The number of hydrogen-bond acceptors (Lipinski definition) is 3.